The maximum Gasteiger partial charge on any atom is 0.253 e. The van der Waals surface area contributed by atoms with E-state index in [1.165, 1.54) is 0 Å². The van der Waals surface area contributed by atoms with Crippen molar-refractivity contribution in [1.29, 1.82) is 0 Å². The molecule has 1 heterocycles. The molecule has 0 aliphatic carbocycles. The summed E-state index contributed by atoms with van der Waals surface area (Å²) >= 11 is 0. The van der Waals surface area contributed by atoms with Crippen LogP contribution in [0.2, 0.25) is 0 Å². The van der Waals surface area contributed by atoms with Crippen molar-refractivity contribution in [2.45, 2.75) is 39.8 Å². The van der Waals surface area contributed by atoms with Crippen LogP contribution in [0.1, 0.15) is 42.8 Å². The highest BCUT2D eigenvalue weighted by atomic mass is 16.5. The van der Waals surface area contributed by atoms with Gasteiger partial charge in [-0.25, -0.2) is 0 Å². The molecule has 2 aromatic rings. The first-order valence-corrected chi connectivity index (χ1v) is 6.40. The number of hydrogen-bond donors (Lipinski definition) is 1. The summed E-state index contributed by atoms with van der Waals surface area (Å²) < 4.78 is 11.2. The molecule has 0 radical (unpaired) electrons. The van der Waals surface area contributed by atoms with Crippen LogP contribution < -0.4 is 10.5 Å². The van der Waals surface area contributed by atoms with E-state index >= 15 is 0 Å². The summed E-state index contributed by atoms with van der Waals surface area (Å²) in [5.41, 5.74) is 8.03. The smallest absolute Gasteiger partial charge is 0.253 e. The average Bonchev–Trinajstić information content (AvgIpc) is 2.84. The number of hydrogen-bond acceptors (Lipinski definition) is 5. The molecule has 102 valence electrons. The van der Waals surface area contributed by atoms with E-state index in [-0.39, 0.29) is 12.6 Å². The average molecular weight is 261 g/mol. The molecule has 1 aromatic carbocycles. The lowest BCUT2D eigenvalue weighted by molar-refractivity contribution is 0.256. The number of ether oxygens (including phenoxy) is 1. The predicted molar refractivity (Wildman–Crippen MR) is 71.8 cm³/mol. The molecule has 0 aliphatic heterocycles. The number of rotatable bonds is 5. The van der Waals surface area contributed by atoms with Gasteiger partial charge in [-0.2, -0.15) is 0 Å². The van der Waals surface area contributed by atoms with Gasteiger partial charge < -0.3 is 14.9 Å². The van der Waals surface area contributed by atoms with E-state index < -0.39 is 0 Å². The fourth-order valence-corrected chi connectivity index (χ4v) is 1.77. The summed E-state index contributed by atoms with van der Waals surface area (Å²) in [6.45, 7) is 6.17. The van der Waals surface area contributed by atoms with Gasteiger partial charge in [-0.3, -0.25) is 0 Å². The highest BCUT2D eigenvalue weighted by Crippen LogP contribution is 2.25. The summed E-state index contributed by atoms with van der Waals surface area (Å²) in [6, 6.07) is 5.90. The van der Waals surface area contributed by atoms with Crippen molar-refractivity contribution < 1.29 is 9.15 Å². The summed E-state index contributed by atoms with van der Waals surface area (Å²) in [6.07, 6.45) is 0.725. The van der Waals surface area contributed by atoms with Gasteiger partial charge in [0.25, 0.3) is 5.89 Å². The minimum atomic E-state index is -0.0792. The largest absolute Gasteiger partial charge is 0.483 e. The highest BCUT2D eigenvalue weighted by molar-refractivity contribution is 5.38. The van der Waals surface area contributed by atoms with Crippen LogP contribution in [0, 0.1) is 6.92 Å². The van der Waals surface area contributed by atoms with Gasteiger partial charge in [0.15, 0.2) is 6.61 Å². The van der Waals surface area contributed by atoms with Crippen molar-refractivity contribution in [3.05, 3.63) is 41.1 Å². The minimum absolute atomic E-state index is 0.0792. The van der Waals surface area contributed by atoms with Gasteiger partial charge in [-0.05, 0) is 25.5 Å². The van der Waals surface area contributed by atoms with Gasteiger partial charge in [-0.1, -0.05) is 19.1 Å². The van der Waals surface area contributed by atoms with E-state index in [2.05, 4.69) is 10.2 Å². The van der Waals surface area contributed by atoms with Gasteiger partial charge in [-0.15, -0.1) is 10.2 Å². The number of benzene rings is 1. The van der Waals surface area contributed by atoms with Gasteiger partial charge in [0.05, 0.1) is 0 Å². The second-order valence-corrected chi connectivity index (χ2v) is 4.56. The molecule has 5 heteroatoms. The zero-order chi connectivity index (χ0) is 13.8. The van der Waals surface area contributed by atoms with Gasteiger partial charge >= 0.3 is 0 Å². The van der Waals surface area contributed by atoms with Crippen LogP contribution in [0.3, 0.4) is 0 Å². The first kappa shape index (κ1) is 13.5. The molecule has 5 nitrogen and oxygen atoms in total. The third-order valence-electron chi connectivity index (χ3n) is 2.82. The summed E-state index contributed by atoms with van der Waals surface area (Å²) in [4.78, 5) is 0. The van der Waals surface area contributed by atoms with E-state index in [0.717, 1.165) is 23.3 Å². The zero-order valence-corrected chi connectivity index (χ0v) is 11.5. The highest BCUT2D eigenvalue weighted by Gasteiger charge is 2.10. The normalized spacial score (nSPS) is 12.4. The molecular weight excluding hydrogens is 242 g/mol. The SMILES string of the molecule is CCc1nnc(COc2cc(C)ccc2C(C)N)o1. The van der Waals surface area contributed by atoms with E-state index in [0.29, 0.717) is 11.8 Å². The van der Waals surface area contributed by atoms with E-state index in [9.17, 15) is 0 Å². The van der Waals surface area contributed by atoms with E-state index in [4.69, 9.17) is 14.9 Å². The number of nitrogens with two attached hydrogens (primary N) is 1. The molecule has 0 amide bonds. The monoisotopic (exact) mass is 261 g/mol. The van der Waals surface area contributed by atoms with Crippen LogP contribution in [-0.2, 0) is 13.0 Å². The van der Waals surface area contributed by atoms with Crippen LogP contribution in [0.15, 0.2) is 22.6 Å². The van der Waals surface area contributed by atoms with Crippen molar-refractivity contribution in [2.75, 3.05) is 0 Å². The molecule has 0 fully saturated rings. The maximum absolute atomic E-state index is 5.93. The molecule has 1 unspecified atom stereocenters. The number of aromatic nitrogens is 2. The quantitative estimate of drug-likeness (QED) is 0.895. The summed E-state index contributed by atoms with van der Waals surface area (Å²) in [7, 11) is 0. The fourth-order valence-electron chi connectivity index (χ4n) is 1.77. The Morgan fingerprint density at radius 2 is 2.05 bits per heavy atom. The molecule has 1 aromatic heterocycles. The van der Waals surface area contributed by atoms with Crippen LogP contribution >= 0.6 is 0 Å². The topological polar surface area (TPSA) is 74.2 Å². The number of nitrogens with zero attached hydrogens (tertiary/aromatic N) is 2. The maximum atomic E-state index is 5.93. The second kappa shape index (κ2) is 5.84. The van der Waals surface area contributed by atoms with Gasteiger partial charge in [0.2, 0.25) is 5.89 Å². The van der Waals surface area contributed by atoms with E-state index in [1.807, 2.05) is 39.0 Å². The third kappa shape index (κ3) is 3.32. The van der Waals surface area contributed by atoms with Crippen molar-refractivity contribution in [1.82, 2.24) is 10.2 Å². The van der Waals surface area contributed by atoms with Crippen molar-refractivity contribution >= 4 is 0 Å². The molecule has 2 N–H and O–H groups in total. The van der Waals surface area contributed by atoms with Gasteiger partial charge in [0, 0.05) is 18.0 Å². The Morgan fingerprint density at radius 3 is 2.68 bits per heavy atom. The van der Waals surface area contributed by atoms with Crippen LogP contribution in [0.5, 0.6) is 5.75 Å². The lowest BCUT2D eigenvalue weighted by Crippen LogP contribution is -2.08. The summed E-state index contributed by atoms with van der Waals surface area (Å²) in [5.74, 6) is 1.87. The lowest BCUT2D eigenvalue weighted by Gasteiger charge is -2.13. The van der Waals surface area contributed by atoms with Crippen LogP contribution in [-0.4, -0.2) is 10.2 Å². The fraction of sp³-hybridized carbons (Fsp3) is 0.429. The summed E-state index contributed by atoms with van der Waals surface area (Å²) in [5, 5.41) is 7.83. The molecule has 0 saturated carbocycles. The van der Waals surface area contributed by atoms with Crippen molar-refractivity contribution in [3.8, 4) is 5.75 Å². The molecular formula is C14H19N3O2. The molecule has 0 spiro atoms. The Labute approximate surface area is 112 Å². The molecule has 0 saturated heterocycles. The van der Waals surface area contributed by atoms with Crippen molar-refractivity contribution in [3.63, 3.8) is 0 Å². The Morgan fingerprint density at radius 1 is 1.32 bits per heavy atom. The molecule has 1 atom stereocenters. The Balaban J connectivity index is 2.12. The number of aryl methyl sites for hydroxylation is 2. The Hall–Kier alpha value is -1.88. The predicted octanol–water partition coefficient (Wildman–Crippen LogP) is 2.54. The van der Waals surface area contributed by atoms with Crippen molar-refractivity contribution in [2.24, 2.45) is 5.73 Å². The molecule has 2 rings (SSSR count). The van der Waals surface area contributed by atoms with E-state index in [1.54, 1.807) is 0 Å². The lowest BCUT2D eigenvalue weighted by atomic mass is 10.1. The van der Waals surface area contributed by atoms with Crippen LogP contribution in [0.25, 0.3) is 0 Å². The molecule has 0 aliphatic rings. The first-order chi connectivity index (χ1) is 9.10. The van der Waals surface area contributed by atoms with Crippen LogP contribution in [0.4, 0.5) is 0 Å². The zero-order valence-electron chi connectivity index (χ0n) is 11.5. The Bertz CT molecular complexity index is 549. The molecule has 19 heavy (non-hydrogen) atoms. The third-order valence-corrected chi connectivity index (χ3v) is 2.82. The second-order valence-electron chi connectivity index (χ2n) is 4.56. The minimum Gasteiger partial charge on any atom is -0.483 e. The Kier molecular flexibility index (Phi) is 4.16. The first-order valence-electron chi connectivity index (χ1n) is 6.40. The standard InChI is InChI=1S/C14H19N3O2/c1-4-13-16-17-14(19-13)8-18-12-7-9(2)5-6-11(12)10(3)15/h5-7,10H,4,8,15H2,1-3H3. The van der Waals surface area contributed by atoms with Gasteiger partial charge in [0.1, 0.15) is 5.75 Å². The molecule has 0 bridgehead atoms.